The highest BCUT2D eigenvalue weighted by Gasteiger charge is 2.23. The number of carbonyl (C=O) groups is 2. The molecule has 0 fully saturated rings. The summed E-state index contributed by atoms with van der Waals surface area (Å²) >= 11 is 2.83. The van der Waals surface area contributed by atoms with Crippen molar-refractivity contribution in [1.29, 1.82) is 0 Å². The zero-order valence-electron chi connectivity index (χ0n) is 13.6. The summed E-state index contributed by atoms with van der Waals surface area (Å²) in [6.07, 6.45) is 5.25. The second-order valence-corrected chi connectivity index (χ2v) is 7.68. The van der Waals surface area contributed by atoms with Crippen molar-refractivity contribution in [3.63, 3.8) is 0 Å². The summed E-state index contributed by atoms with van der Waals surface area (Å²) in [4.78, 5) is 35.9. The number of fused-ring (bicyclic) bond motifs is 1. The van der Waals surface area contributed by atoms with Crippen molar-refractivity contribution >= 4 is 44.8 Å². The van der Waals surface area contributed by atoms with E-state index in [1.54, 1.807) is 12.3 Å². The number of carbonyl (C=O) groups excluding carboxylic acids is 2. The van der Waals surface area contributed by atoms with Crippen molar-refractivity contribution in [2.45, 2.75) is 13.0 Å². The Kier molecular flexibility index (Phi) is 4.78. The number of anilines is 2. The predicted molar refractivity (Wildman–Crippen MR) is 98.5 cm³/mol. The summed E-state index contributed by atoms with van der Waals surface area (Å²) in [6.45, 7) is 1.69. The molecule has 0 bridgehead atoms. The fraction of sp³-hybridized carbons (Fsp3) is 0.250. The Balaban J connectivity index is 1.35. The van der Waals surface area contributed by atoms with Crippen LogP contribution in [0, 0.1) is 0 Å². The van der Waals surface area contributed by atoms with Crippen LogP contribution in [-0.4, -0.2) is 39.8 Å². The Bertz CT molecular complexity index is 905. The first-order valence-electron chi connectivity index (χ1n) is 7.91. The highest BCUT2D eigenvalue weighted by molar-refractivity contribution is 7.16. The fourth-order valence-corrected chi connectivity index (χ4v) is 4.24. The van der Waals surface area contributed by atoms with Crippen LogP contribution in [0.15, 0.2) is 34.6 Å². The number of aromatic nitrogens is 2. The van der Waals surface area contributed by atoms with Crippen molar-refractivity contribution < 1.29 is 14.0 Å². The third kappa shape index (κ3) is 3.82. The number of furan rings is 1. The van der Waals surface area contributed by atoms with E-state index < -0.39 is 0 Å². The molecule has 0 saturated heterocycles. The third-order valence-electron chi connectivity index (χ3n) is 3.86. The lowest BCUT2D eigenvalue weighted by molar-refractivity contribution is -0.117. The molecule has 0 aliphatic carbocycles. The molecule has 134 valence electrons. The van der Waals surface area contributed by atoms with Gasteiger partial charge in [-0.2, -0.15) is 0 Å². The van der Waals surface area contributed by atoms with Gasteiger partial charge in [0.15, 0.2) is 10.3 Å². The zero-order chi connectivity index (χ0) is 17.9. The molecule has 0 spiro atoms. The molecule has 0 atom stereocenters. The first-order valence-corrected chi connectivity index (χ1v) is 9.61. The van der Waals surface area contributed by atoms with E-state index in [2.05, 4.69) is 25.5 Å². The molecule has 0 unspecified atom stereocenters. The summed E-state index contributed by atoms with van der Waals surface area (Å²) in [5.41, 5.74) is 1.44. The maximum Gasteiger partial charge on any atom is 0.260 e. The monoisotopic (exact) mass is 389 g/mol. The third-order valence-corrected chi connectivity index (χ3v) is 5.55. The smallest absolute Gasteiger partial charge is 0.260 e. The van der Waals surface area contributed by atoms with Crippen molar-refractivity contribution in [3.8, 4) is 0 Å². The van der Waals surface area contributed by atoms with Crippen LogP contribution in [0.2, 0.25) is 0 Å². The van der Waals surface area contributed by atoms with Gasteiger partial charge in [-0.1, -0.05) is 0 Å². The van der Waals surface area contributed by atoms with Crippen molar-refractivity contribution in [1.82, 2.24) is 14.9 Å². The zero-order valence-corrected chi connectivity index (χ0v) is 15.2. The van der Waals surface area contributed by atoms with Gasteiger partial charge in [0.1, 0.15) is 6.26 Å². The van der Waals surface area contributed by atoms with E-state index in [0.29, 0.717) is 28.9 Å². The maximum absolute atomic E-state index is 12.1. The molecular formula is C16H15N5O3S2. The number of amides is 2. The average Bonchev–Trinajstić information content (AvgIpc) is 3.35. The molecule has 4 heterocycles. The van der Waals surface area contributed by atoms with Gasteiger partial charge in [-0.05, 0) is 6.07 Å². The van der Waals surface area contributed by atoms with E-state index in [1.807, 2.05) is 5.38 Å². The van der Waals surface area contributed by atoms with Gasteiger partial charge in [-0.15, -0.1) is 22.7 Å². The van der Waals surface area contributed by atoms with Crippen molar-refractivity contribution in [3.05, 3.63) is 46.3 Å². The topological polar surface area (TPSA) is 100 Å². The second-order valence-electron chi connectivity index (χ2n) is 5.70. The molecule has 10 heteroatoms. The minimum Gasteiger partial charge on any atom is -0.472 e. The first kappa shape index (κ1) is 16.9. The van der Waals surface area contributed by atoms with Gasteiger partial charge in [0, 0.05) is 36.0 Å². The van der Waals surface area contributed by atoms with E-state index in [4.69, 9.17) is 4.42 Å². The maximum atomic E-state index is 12.1. The number of hydrogen-bond acceptors (Lipinski definition) is 8. The summed E-state index contributed by atoms with van der Waals surface area (Å²) in [7, 11) is 0. The van der Waals surface area contributed by atoms with Crippen LogP contribution in [0.1, 0.15) is 20.9 Å². The number of nitrogens with zero attached hydrogens (tertiary/aromatic N) is 3. The Morgan fingerprint density at radius 2 is 2.23 bits per heavy atom. The molecule has 4 rings (SSSR count). The van der Waals surface area contributed by atoms with E-state index in [1.165, 1.54) is 35.2 Å². The summed E-state index contributed by atoms with van der Waals surface area (Å²) in [5.74, 6) is -0.328. The minimum absolute atomic E-state index is 0.0820. The molecule has 0 aromatic carbocycles. The van der Waals surface area contributed by atoms with Crippen LogP contribution in [0.3, 0.4) is 0 Å². The van der Waals surface area contributed by atoms with E-state index >= 15 is 0 Å². The quantitative estimate of drug-likeness (QED) is 0.695. The first-order chi connectivity index (χ1) is 12.7. The Labute approximate surface area is 156 Å². The van der Waals surface area contributed by atoms with Gasteiger partial charge >= 0.3 is 0 Å². The lowest BCUT2D eigenvalue weighted by atomic mass is 10.2. The number of thiazole rings is 2. The lowest BCUT2D eigenvalue weighted by Crippen LogP contribution is -2.36. The molecule has 2 amide bonds. The lowest BCUT2D eigenvalue weighted by Gasteiger charge is -2.24. The van der Waals surface area contributed by atoms with Crippen LogP contribution >= 0.6 is 22.7 Å². The molecule has 2 N–H and O–H groups in total. The van der Waals surface area contributed by atoms with Crippen molar-refractivity contribution in [2.24, 2.45) is 0 Å². The largest absolute Gasteiger partial charge is 0.472 e. The molecule has 3 aromatic rings. The molecule has 3 aromatic heterocycles. The Morgan fingerprint density at radius 1 is 1.31 bits per heavy atom. The minimum atomic E-state index is -0.246. The van der Waals surface area contributed by atoms with Crippen LogP contribution in [0.5, 0.6) is 0 Å². The summed E-state index contributed by atoms with van der Waals surface area (Å²) in [6, 6.07) is 1.60. The molecule has 8 nitrogen and oxygen atoms in total. The van der Waals surface area contributed by atoms with E-state index in [9.17, 15) is 9.59 Å². The standard InChI is InChI=1S/C16H15N5O3S2/c22-13(19-15-17-3-6-25-15)8-21-4-1-11-12(7-21)26-16(18-11)20-14(23)10-2-5-24-9-10/h2-3,5-6,9H,1,4,7-8H2,(H,17,19,22)(H,18,20,23). The van der Waals surface area contributed by atoms with Crippen LogP contribution in [-0.2, 0) is 17.8 Å². The van der Waals surface area contributed by atoms with Gasteiger partial charge < -0.3 is 9.73 Å². The van der Waals surface area contributed by atoms with E-state index in [-0.39, 0.29) is 11.8 Å². The Morgan fingerprint density at radius 3 is 3.00 bits per heavy atom. The number of nitrogens with one attached hydrogen (secondary N) is 2. The number of hydrogen-bond donors (Lipinski definition) is 2. The molecule has 1 aliphatic rings. The highest BCUT2D eigenvalue weighted by Crippen LogP contribution is 2.28. The van der Waals surface area contributed by atoms with Crippen LogP contribution < -0.4 is 10.6 Å². The average molecular weight is 389 g/mol. The van der Waals surface area contributed by atoms with Gasteiger partial charge in [-0.25, -0.2) is 9.97 Å². The summed E-state index contributed by atoms with van der Waals surface area (Å²) < 4.78 is 4.92. The van der Waals surface area contributed by atoms with Gasteiger partial charge in [0.2, 0.25) is 5.91 Å². The van der Waals surface area contributed by atoms with Gasteiger partial charge in [0.05, 0.1) is 24.1 Å². The van der Waals surface area contributed by atoms with Crippen LogP contribution in [0.25, 0.3) is 0 Å². The molecule has 1 aliphatic heterocycles. The van der Waals surface area contributed by atoms with Crippen LogP contribution in [0.4, 0.5) is 10.3 Å². The second kappa shape index (κ2) is 7.36. The predicted octanol–water partition coefficient (Wildman–Crippen LogP) is 2.44. The summed E-state index contributed by atoms with van der Waals surface area (Å²) in [5, 5.41) is 8.57. The highest BCUT2D eigenvalue weighted by atomic mass is 32.1. The molecule has 0 saturated carbocycles. The fourth-order valence-electron chi connectivity index (χ4n) is 2.65. The normalized spacial score (nSPS) is 14.0. The molecule has 0 radical (unpaired) electrons. The molecule has 26 heavy (non-hydrogen) atoms. The molecular weight excluding hydrogens is 374 g/mol. The van der Waals surface area contributed by atoms with Gasteiger partial charge in [0.25, 0.3) is 5.91 Å². The van der Waals surface area contributed by atoms with E-state index in [0.717, 1.165) is 23.5 Å². The Hall–Kier alpha value is -2.56. The van der Waals surface area contributed by atoms with Gasteiger partial charge in [-0.3, -0.25) is 19.8 Å². The van der Waals surface area contributed by atoms with Crippen molar-refractivity contribution in [2.75, 3.05) is 23.7 Å². The SMILES string of the molecule is O=C(CN1CCc2nc(NC(=O)c3ccoc3)sc2C1)Nc1nccs1. The number of rotatable bonds is 5.